The molecule has 0 bridgehead atoms. The van der Waals surface area contributed by atoms with Gasteiger partial charge in [-0.1, -0.05) is 30.3 Å². The molecular weight excluding hydrogens is 504 g/mol. The molecule has 0 spiro atoms. The minimum absolute atomic E-state index is 0.0746. The van der Waals surface area contributed by atoms with Gasteiger partial charge in [-0.3, -0.25) is 9.59 Å². The molecule has 0 atom stereocenters. The maximum Gasteiger partial charge on any atom is 0.299 e. The molecular formula is C24H28N4O6S2. The van der Waals surface area contributed by atoms with E-state index in [1.54, 1.807) is 27.1 Å². The normalized spacial score (nSPS) is 11.1. The molecule has 0 aliphatic carbocycles. The zero-order valence-electron chi connectivity index (χ0n) is 20.2. The minimum Gasteiger partial charge on any atom is -0.496 e. The second-order valence-corrected chi connectivity index (χ2v) is 10.1. The van der Waals surface area contributed by atoms with Crippen LogP contribution in [0.2, 0.25) is 0 Å². The van der Waals surface area contributed by atoms with Gasteiger partial charge in [-0.25, -0.2) is 14.8 Å². The average Bonchev–Trinajstić information content (AvgIpc) is 3.31. The first kappa shape index (κ1) is 27.1. The third-order valence-electron chi connectivity index (χ3n) is 5.36. The Balaban J connectivity index is 1.84. The molecule has 3 N–H and O–H groups in total. The fourth-order valence-corrected chi connectivity index (χ4v) is 4.74. The minimum atomic E-state index is -4.21. The van der Waals surface area contributed by atoms with Gasteiger partial charge in [0.25, 0.3) is 22.0 Å². The summed E-state index contributed by atoms with van der Waals surface area (Å²) in [6.07, 6.45) is 1.46. The van der Waals surface area contributed by atoms with Crippen LogP contribution in [0.5, 0.6) is 11.5 Å². The van der Waals surface area contributed by atoms with E-state index in [1.165, 1.54) is 14.2 Å². The number of nitrogens with zero attached hydrogens (tertiary/aromatic N) is 2. The largest absolute Gasteiger partial charge is 0.496 e. The van der Waals surface area contributed by atoms with Crippen molar-refractivity contribution in [2.24, 2.45) is 5.14 Å². The van der Waals surface area contributed by atoms with Gasteiger partial charge in [-0.15, -0.1) is 11.3 Å². The summed E-state index contributed by atoms with van der Waals surface area (Å²) in [7, 11) is -1.16. The van der Waals surface area contributed by atoms with Gasteiger partial charge < -0.3 is 14.4 Å². The molecule has 10 nitrogen and oxygen atoms in total. The first-order valence-electron chi connectivity index (χ1n) is 11.0. The van der Waals surface area contributed by atoms with Crippen molar-refractivity contribution < 1.29 is 27.5 Å². The highest BCUT2D eigenvalue weighted by atomic mass is 32.2. The van der Waals surface area contributed by atoms with Gasteiger partial charge in [-0.2, -0.15) is 8.42 Å². The van der Waals surface area contributed by atoms with E-state index in [9.17, 15) is 18.0 Å². The summed E-state index contributed by atoms with van der Waals surface area (Å²) in [6.45, 7) is 2.38. The molecule has 3 rings (SSSR count). The van der Waals surface area contributed by atoms with Crippen molar-refractivity contribution in [2.45, 2.75) is 26.3 Å². The summed E-state index contributed by atoms with van der Waals surface area (Å²) in [5.41, 5.74) is 2.76. The number of ether oxygens (including phenoxy) is 2. The second kappa shape index (κ2) is 12.0. The summed E-state index contributed by atoms with van der Waals surface area (Å²) >= 11 is 0.962. The van der Waals surface area contributed by atoms with Crippen LogP contribution in [-0.2, 0) is 23.2 Å². The second-order valence-electron chi connectivity index (χ2n) is 7.94. The van der Waals surface area contributed by atoms with E-state index in [0.29, 0.717) is 35.7 Å². The number of methoxy groups -OCH3 is 2. The van der Waals surface area contributed by atoms with Gasteiger partial charge in [0, 0.05) is 23.1 Å². The summed E-state index contributed by atoms with van der Waals surface area (Å²) in [5, 5.41) is 6.40. The predicted molar refractivity (Wildman–Crippen MR) is 136 cm³/mol. The van der Waals surface area contributed by atoms with E-state index < -0.39 is 16.1 Å². The third-order valence-corrected chi connectivity index (χ3v) is 6.72. The summed E-state index contributed by atoms with van der Waals surface area (Å²) in [4.78, 5) is 31.5. The molecule has 2 amide bonds. The van der Waals surface area contributed by atoms with Crippen molar-refractivity contribution in [3.8, 4) is 11.5 Å². The molecule has 0 aliphatic rings. The average molecular weight is 533 g/mol. The van der Waals surface area contributed by atoms with Gasteiger partial charge in [0.1, 0.15) is 11.5 Å². The van der Waals surface area contributed by atoms with E-state index >= 15 is 0 Å². The molecule has 0 radical (unpaired) electrons. The highest BCUT2D eigenvalue weighted by molar-refractivity contribution is 7.87. The number of benzene rings is 2. The number of nitrogens with two attached hydrogens (primary N) is 1. The van der Waals surface area contributed by atoms with Gasteiger partial charge >= 0.3 is 0 Å². The molecule has 0 unspecified atom stereocenters. The molecule has 12 heteroatoms. The monoisotopic (exact) mass is 532 g/mol. The fourth-order valence-electron chi connectivity index (χ4n) is 3.62. The SMILES string of the molecule is COc1cc(C(=O)N(CCCc2ccccc2)Cc2csc(C(=O)NS(N)(=O)=O)n2)cc(OC)c1C. The molecule has 3 aromatic rings. The van der Waals surface area contributed by atoms with Crippen LogP contribution >= 0.6 is 11.3 Å². The number of carbonyl (C=O) groups is 2. The molecule has 1 heterocycles. The number of carbonyl (C=O) groups excluding carboxylic acids is 2. The van der Waals surface area contributed by atoms with E-state index in [0.717, 1.165) is 28.9 Å². The van der Waals surface area contributed by atoms with Gasteiger partial charge in [-0.05, 0) is 37.5 Å². The Morgan fingerprint density at radius 2 is 1.75 bits per heavy atom. The van der Waals surface area contributed by atoms with Crippen molar-refractivity contribution in [1.29, 1.82) is 0 Å². The van der Waals surface area contributed by atoms with Gasteiger partial charge in [0.05, 0.1) is 26.5 Å². The van der Waals surface area contributed by atoms with Crippen molar-refractivity contribution >= 4 is 33.4 Å². The lowest BCUT2D eigenvalue weighted by molar-refractivity contribution is 0.0738. The van der Waals surface area contributed by atoms with Crippen LogP contribution in [-0.4, -0.2) is 50.9 Å². The molecule has 36 heavy (non-hydrogen) atoms. The van der Waals surface area contributed by atoms with Crippen LogP contribution in [0.15, 0.2) is 47.8 Å². The van der Waals surface area contributed by atoms with Gasteiger partial charge in [0.15, 0.2) is 5.01 Å². The lowest BCUT2D eigenvalue weighted by atomic mass is 10.1. The number of aryl methyl sites for hydroxylation is 1. The van der Waals surface area contributed by atoms with E-state index in [4.69, 9.17) is 14.6 Å². The van der Waals surface area contributed by atoms with Crippen LogP contribution in [0.1, 0.15) is 43.4 Å². The summed E-state index contributed by atoms with van der Waals surface area (Å²) < 4.78 is 34.8. The van der Waals surface area contributed by atoms with Crippen molar-refractivity contribution in [3.05, 3.63) is 75.2 Å². The van der Waals surface area contributed by atoms with E-state index in [-0.39, 0.29) is 17.5 Å². The Morgan fingerprint density at radius 3 is 2.33 bits per heavy atom. The maximum absolute atomic E-state index is 13.6. The first-order valence-corrected chi connectivity index (χ1v) is 13.4. The van der Waals surface area contributed by atoms with Crippen LogP contribution < -0.4 is 19.3 Å². The van der Waals surface area contributed by atoms with Crippen LogP contribution in [0.3, 0.4) is 0 Å². The zero-order valence-corrected chi connectivity index (χ0v) is 21.8. The van der Waals surface area contributed by atoms with Crippen molar-refractivity contribution in [3.63, 3.8) is 0 Å². The van der Waals surface area contributed by atoms with Crippen LogP contribution in [0.25, 0.3) is 0 Å². The predicted octanol–water partition coefficient (Wildman–Crippen LogP) is 2.68. The lowest BCUT2D eigenvalue weighted by Gasteiger charge is -2.23. The Hall–Kier alpha value is -3.48. The number of amides is 2. The topological polar surface area (TPSA) is 141 Å². The van der Waals surface area contributed by atoms with Crippen LogP contribution in [0.4, 0.5) is 0 Å². The third kappa shape index (κ3) is 7.26. The number of hydrogen-bond acceptors (Lipinski definition) is 8. The fraction of sp³-hybridized carbons (Fsp3) is 0.292. The Bertz CT molecular complexity index is 1300. The van der Waals surface area contributed by atoms with E-state index in [2.05, 4.69) is 4.98 Å². The standard InChI is InChI=1S/C24H28N4O6S2/c1-16-20(33-2)12-18(13-21(16)34-3)24(30)28(11-7-10-17-8-5-4-6-9-17)14-19-15-35-23(26-19)22(29)27-36(25,31)32/h4-6,8-9,12-13,15H,7,10-11,14H2,1-3H3,(H,27,29)(H2,25,31,32). The number of aromatic nitrogens is 1. The number of rotatable bonds is 11. The Morgan fingerprint density at radius 1 is 1.11 bits per heavy atom. The Labute approximate surface area is 214 Å². The zero-order chi connectivity index (χ0) is 26.3. The first-order chi connectivity index (χ1) is 17.1. The molecule has 2 aromatic carbocycles. The lowest BCUT2D eigenvalue weighted by Crippen LogP contribution is -2.36. The molecule has 0 fully saturated rings. The smallest absolute Gasteiger partial charge is 0.299 e. The van der Waals surface area contributed by atoms with Crippen LogP contribution in [0, 0.1) is 6.92 Å². The number of nitrogens with one attached hydrogen (secondary N) is 1. The molecule has 0 aliphatic heterocycles. The summed E-state index contributed by atoms with van der Waals surface area (Å²) in [6, 6.07) is 13.3. The highest BCUT2D eigenvalue weighted by Gasteiger charge is 2.22. The summed E-state index contributed by atoms with van der Waals surface area (Å²) in [5.74, 6) is -0.137. The molecule has 192 valence electrons. The number of thiazole rings is 1. The molecule has 0 saturated carbocycles. The van der Waals surface area contributed by atoms with E-state index in [1.807, 2.05) is 37.3 Å². The Kier molecular flexibility index (Phi) is 9.02. The molecule has 0 saturated heterocycles. The van der Waals surface area contributed by atoms with Crippen molar-refractivity contribution in [2.75, 3.05) is 20.8 Å². The quantitative estimate of drug-likeness (QED) is 0.387. The molecule has 1 aromatic heterocycles. The van der Waals surface area contributed by atoms with Gasteiger partial charge in [0.2, 0.25) is 0 Å². The highest BCUT2D eigenvalue weighted by Crippen LogP contribution is 2.30. The van der Waals surface area contributed by atoms with Crippen molar-refractivity contribution in [1.82, 2.24) is 14.6 Å². The number of hydrogen-bond donors (Lipinski definition) is 2. The maximum atomic E-state index is 13.6.